The fraction of sp³-hybridized carbons (Fsp3) is 0.273. The molecule has 15 heavy (non-hydrogen) atoms. The molecular weight excluding hydrogens is 210 g/mol. The van der Waals surface area contributed by atoms with Crippen molar-refractivity contribution < 1.29 is 9.59 Å². The van der Waals surface area contributed by atoms with Gasteiger partial charge in [-0.05, 0) is 31.2 Å². The van der Waals surface area contributed by atoms with Crippen molar-refractivity contribution in [2.45, 2.75) is 24.0 Å². The normalized spacial score (nSPS) is 11.9. The molecule has 1 unspecified atom stereocenters. The molecule has 0 aliphatic carbocycles. The monoisotopic (exact) mass is 223 g/mol. The van der Waals surface area contributed by atoms with Crippen LogP contribution >= 0.6 is 11.8 Å². The van der Waals surface area contributed by atoms with Gasteiger partial charge in [0.15, 0.2) is 0 Å². The highest BCUT2D eigenvalue weighted by Gasteiger charge is 2.02. The molecule has 4 heteroatoms. The number of rotatable bonds is 4. The second kappa shape index (κ2) is 5.56. The molecule has 0 aliphatic heterocycles. The Labute approximate surface area is 93.3 Å². The SMILES string of the molecule is CC(=O)Nc1ccc(SC(C)C=O)cc1. The molecular formula is C11H13NO2S. The van der Waals surface area contributed by atoms with Crippen LogP contribution in [-0.2, 0) is 9.59 Å². The number of benzene rings is 1. The highest BCUT2D eigenvalue weighted by Crippen LogP contribution is 2.23. The highest BCUT2D eigenvalue weighted by molar-refractivity contribution is 8.00. The van der Waals surface area contributed by atoms with Crippen LogP contribution < -0.4 is 5.32 Å². The van der Waals surface area contributed by atoms with Crippen molar-refractivity contribution in [3.63, 3.8) is 0 Å². The van der Waals surface area contributed by atoms with E-state index in [1.54, 1.807) is 0 Å². The Morgan fingerprint density at radius 3 is 2.47 bits per heavy atom. The van der Waals surface area contributed by atoms with E-state index in [4.69, 9.17) is 0 Å². The van der Waals surface area contributed by atoms with Gasteiger partial charge >= 0.3 is 0 Å². The standard InChI is InChI=1S/C11H13NO2S/c1-8(7-13)15-11-5-3-10(4-6-11)12-9(2)14/h3-8H,1-2H3,(H,12,14). The van der Waals surface area contributed by atoms with Gasteiger partial charge in [0.2, 0.25) is 5.91 Å². The lowest BCUT2D eigenvalue weighted by Gasteiger charge is -2.05. The van der Waals surface area contributed by atoms with E-state index in [0.717, 1.165) is 16.9 Å². The Hall–Kier alpha value is -1.29. The van der Waals surface area contributed by atoms with Crippen LogP contribution in [0.1, 0.15) is 13.8 Å². The minimum atomic E-state index is -0.0864. The molecule has 80 valence electrons. The molecule has 1 amide bonds. The van der Waals surface area contributed by atoms with Gasteiger partial charge in [-0.15, -0.1) is 11.8 Å². The van der Waals surface area contributed by atoms with Crippen molar-refractivity contribution in [1.82, 2.24) is 0 Å². The van der Waals surface area contributed by atoms with E-state index < -0.39 is 0 Å². The number of hydrogen-bond donors (Lipinski definition) is 1. The zero-order valence-corrected chi connectivity index (χ0v) is 9.51. The molecule has 0 aliphatic rings. The summed E-state index contributed by atoms with van der Waals surface area (Å²) in [5, 5.41) is 2.64. The summed E-state index contributed by atoms with van der Waals surface area (Å²) in [4.78, 5) is 22.2. The quantitative estimate of drug-likeness (QED) is 0.629. The smallest absolute Gasteiger partial charge is 0.221 e. The first-order chi connectivity index (χ1) is 7.11. The third-order valence-electron chi connectivity index (χ3n) is 1.69. The van der Waals surface area contributed by atoms with E-state index in [1.165, 1.54) is 18.7 Å². The van der Waals surface area contributed by atoms with Gasteiger partial charge in [-0.3, -0.25) is 4.79 Å². The first kappa shape index (κ1) is 11.8. The largest absolute Gasteiger partial charge is 0.326 e. The van der Waals surface area contributed by atoms with Gasteiger partial charge < -0.3 is 10.1 Å². The Morgan fingerprint density at radius 1 is 1.40 bits per heavy atom. The van der Waals surface area contributed by atoms with Crippen molar-refractivity contribution in [1.29, 1.82) is 0 Å². The van der Waals surface area contributed by atoms with Crippen LogP contribution in [0.3, 0.4) is 0 Å². The molecule has 1 aromatic rings. The number of amides is 1. The van der Waals surface area contributed by atoms with E-state index in [1.807, 2.05) is 31.2 Å². The topological polar surface area (TPSA) is 46.2 Å². The van der Waals surface area contributed by atoms with Gasteiger partial charge in [0.1, 0.15) is 6.29 Å². The first-order valence-electron chi connectivity index (χ1n) is 4.61. The predicted molar refractivity (Wildman–Crippen MR) is 62.1 cm³/mol. The first-order valence-corrected chi connectivity index (χ1v) is 5.49. The van der Waals surface area contributed by atoms with Crippen molar-refractivity contribution in [2.75, 3.05) is 5.32 Å². The molecule has 0 spiro atoms. The average Bonchev–Trinajstić information content (AvgIpc) is 2.20. The number of thioether (sulfide) groups is 1. The van der Waals surface area contributed by atoms with Crippen molar-refractivity contribution in [3.8, 4) is 0 Å². The highest BCUT2D eigenvalue weighted by atomic mass is 32.2. The molecule has 3 nitrogen and oxygen atoms in total. The maximum absolute atomic E-state index is 10.8. The van der Waals surface area contributed by atoms with Crippen molar-refractivity contribution in [3.05, 3.63) is 24.3 Å². The minimum Gasteiger partial charge on any atom is -0.326 e. The van der Waals surface area contributed by atoms with E-state index >= 15 is 0 Å². The van der Waals surface area contributed by atoms with Crippen LogP contribution in [0.15, 0.2) is 29.2 Å². The number of aldehydes is 1. The maximum Gasteiger partial charge on any atom is 0.221 e. The third kappa shape index (κ3) is 4.16. The Kier molecular flexibility index (Phi) is 4.37. The van der Waals surface area contributed by atoms with Crippen LogP contribution in [0.4, 0.5) is 5.69 Å². The van der Waals surface area contributed by atoms with Gasteiger partial charge in [-0.1, -0.05) is 0 Å². The van der Waals surface area contributed by atoms with Crippen LogP contribution in [0.2, 0.25) is 0 Å². The predicted octanol–water partition coefficient (Wildman–Crippen LogP) is 2.32. The molecule has 1 rings (SSSR count). The number of hydrogen-bond acceptors (Lipinski definition) is 3. The molecule has 0 bridgehead atoms. The van der Waals surface area contributed by atoms with Crippen LogP contribution in [0.5, 0.6) is 0 Å². The maximum atomic E-state index is 10.8. The molecule has 0 fully saturated rings. The second-order valence-corrected chi connectivity index (χ2v) is 4.62. The zero-order valence-electron chi connectivity index (χ0n) is 8.69. The lowest BCUT2D eigenvalue weighted by Crippen LogP contribution is -2.05. The molecule has 0 heterocycles. The molecule has 0 saturated carbocycles. The minimum absolute atomic E-state index is 0.0448. The summed E-state index contributed by atoms with van der Waals surface area (Å²) in [6, 6.07) is 7.41. The number of carbonyl (C=O) groups is 2. The molecule has 0 saturated heterocycles. The van der Waals surface area contributed by atoms with E-state index in [2.05, 4.69) is 5.32 Å². The second-order valence-electron chi connectivity index (χ2n) is 3.16. The summed E-state index contributed by atoms with van der Waals surface area (Å²) >= 11 is 1.49. The number of carbonyl (C=O) groups excluding carboxylic acids is 2. The van der Waals surface area contributed by atoms with Crippen LogP contribution in [-0.4, -0.2) is 17.4 Å². The van der Waals surface area contributed by atoms with E-state index in [-0.39, 0.29) is 11.2 Å². The van der Waals surface area contributed by atoms with Crippen LogP contribution in [0, 0.1) is 0 Å². The van der Waals surface area contributed by atoms with Gasteiger partial charge in [-0.2, -0.15) is 0 Å². The molecule has 1 atom stereocenters. The zero-order chi connectivity index (χ0) is 11.3. The fourth-order valence-electron chi connectivity index (χ4n) is 1.06. The fourth-order valence-corrected chi connectivity index (χ4v) is 1.84. The summed E-state index contributed by atoms with van der Waals surface area (Å²) in [6.07, 6.45) is 0.909. The van der Waals surface area contributed by atoms with E-state index in [9.17, 15) is 9.59 Å². The summed E-state index contributed by atoms with van der Waals surface area (Å²) in [5.74, 6) is -0.0864. The number of nitrogens with one attached hydrogen (secondary N) is 1. The van der Waals surface area contributed by atoms with Gasteiger partial charge in [0.25, 0.3) is 0 Å². The van der Waals surface area contributed by atoms with Gasteiger partial charge in [0.05, 0.1) is 5.25 Å². The molecule has 1 aromatic carbocycles. The lowest BCUT2D eigenvalue weighted by molar-refractivity contribution is -0.114. The Balaban J connectivity index is 2.63. The summed E-state index contributed by atoms with van der Waals surface area (Å²) < 4.78 is 0. The van der Waals surface area contributed by atoms with Crippen molar-refractivity contribution in [2.24, 2.45) is 0 Å². The lowest BCUT2D eigenvalue weighted by atomic mass is 10.3. The molecule has 0 aromatic heterocycles. The number of anilines is 1. The summed E-state index contributed by atoms with van der Waals surface area (Å²) in [7, 11) is 0. The Morgan fingerprint density at radius 2 is 2.00 bits per heavy atom. The summed E-state index contributed by atoms with van der Waals surface area (Å²) in [6.45, 7) is 3.32. The summed E-state index contributed by atoms with van der Waals surface area (Å²) in [5.41, 5.74) is 0.769. The van der Waals surface area contributed by atoms with E-state index in [0.29, 0.717) is 0 Å². The van der Waals surface area contributed by atoms with Crippen molar-refractivity contribution >= 4 is 29.6 Å². The molecule has 1 N–H and O–H groups in total. The Bertz CT molecular complexity index is 348. The van der Waals surface area contributed by atoms with Crippen LogP contribution in [0.25, 0.3) is 0 Å². The average molecular weight is 223 g/mol. The molecule has 0 radical (unpaired) electrons. The third-order valence-corrected chi connectivity index (χ3v) is 2.72. The van der Waals surface area contributed by atoms with Gasteiger partial charge in [0, 0.05) is 17.5 Å². The van der Waals surface area contributed by atoms with Gasteiger partial charge in [-0.25, -0.2) is 0 Å².